The predicted molar refractivity (Wildman–Crippen MR) is 68.9 cm³/mol. The normalized spacial score (nSPS) is 18.8. The van der Waals surface area contributed by atoms with Gasteiger partial charge in [-0.2, -0.15) is 0 Å². The van der Waals surface area contributed by atoms with Crippen molar-refractivity contribution in [2.24, 2.45) is 5.73 Å². The summed E-state index contributed by atoms with van der Waals surface area (Å²) in [6, 6.07) is 0. The molecule has 5 nitrogen and oxygen atoms in total. The molecular formula is C13H24N2O3. The monoisotopic (exact) mass is 256 g/mol. The largest absolute Gasteiger partial charge is 0.467 e. The number of esters is 1. The smallest absolute Gasteiger partial charge is 0.331 e. The summed E-state index contributed by atoms with van der Waals surface area (Å²) in [4.78, 5) is 23.8. The van der Waals surface area contributed by atoms with Crippen molar-refractivity contribution < 1.29 is 14.3 Å². The lowest BCUT2D eigenvalue weighted by molar-refractivity contribution is -0.151. The average molecular weight is 256 g/mol. The molecule has 1 amide bonds. The third kappa shape index (κ3) is 3.98. The van der Waals surface area contributed by atoms with E-state index in [2.05, 4.69) is 5.32 Å². The van der Waals surface area contributed by atoms with Gasteiger partial charge in [0.25, 0.3) is 0 Å². The van der Waals surface area contributed by atoms with E-state index in [0.717, 1.165) is 25.7 Å². The van der Waals surface area contributed by atoms with Gasteiger partial charge in [-0.3, -0.25) is 4.79 Å². The molecule has 1 aliphatic carbocycles. The molecule has 3 N–H and O–H groups in total. The molecule has 0 spiro atoms. The average Bonchev–Trinajstić information content (AvgIpc) is 2.62. The van der Waals surface area contributed by atoms with Crippen molar-refractivity contribution in [1.29, 1.82) is 0 Å². The Balaban J connectivity index is 2.70. The Kier molecular flexibility index (Phi) is 6.12. The van der Waals surface area contributed by atoms with E-state index >= 15 is 0 Å². The van der Waals surface area contributed by atoms with Crippen LogP contribution < -0.4 is 11.1 Å². The molecule has 0 aromatic rings. The van der Waals surface area contributed by atoms with E-state index in [0.29, 0.717) is 32.2 Å². The Morgan fingerprint density at radius 3 is 2.33 bits per heavy atom. The molecule has 1 aliphatic rings. The fourth-order valence-corrected chi connectivity index (χ4v) is 2.50. The van der Waals surface area contributed by atoms with Gasteiger partial charge in [0.1, 0.15) is 5.54 Å². The topological polar surface area (TPSA) is 81.4 Å². The SMILES string of the molecule is COC(=O)C1(NC(=O)CCCN)CCCCCC1. The third-order valence-electron chi connectivity index (χ3n) is 3.52. The second-order valence-corrected chi connectivity index (χ2v) is 4.93. The summed E-state index contributed by atoms with van der Waals surface area (Å²) in [7, 11) is 1.38. The number of hydrogen-bond acceptors (Lipinski definition) is 4. The van der Waals surface area contributed by atoms with Crippen LogP contribution in [0, 0.1) is 0 Å². The van der Waals surface area contributed by atoms with Crippen molar-refractivity contribution in [2.45, 2.75) is 56.9 Å². The Hall–Kier alpha value is -1.10. The molecule has 0 heterocycles. The molecule has 0 saturated heterocycles. The van der Waals surface area contributed by atoms with Crippen LogP contribution in [-0.2, 0) is 14.3 Å². The molecule has 0 unspecified atom stereocenters. The van der Waals surface area contributed by atoms with E-state index in [1.165, 1.54) is 7.11 Å². The first-order valence-corrected chi connectivity index (χ1v) is 6.74. The van der Waals surface area contributed by atoms with Gasteiger partial charge in [0.15, 0.2) is 0 Å². The number of ether oxygens (including phenoxy) is 1. The fourth-order valence-electron chi connectivity index (χ4n) is 2.50. The van der Waals surface area contributed by atoms with Gasteiger partial charge in [-0.05, 0) is 25.8 Å². The van der Waals surface area contributed by atoms with Gasteiger partial charge in [0, 0.05) is 6.42 Å². The molecule has 1 saturated carbocycles. The Morgan fingerprint density at radius 1 is 1.22 bits per heavy atom. The zero-order valence-electron chi connectivity index (χ0n) is 11.2. The van der Waals surface area contributed by atoms with Crippen molar-refractivity contribution in [3.05, 3.63) is 0 Å². The molecule has 0 aliphatic heterocycles. The molecule has 0 atom stereocenters. The lowest BCUT2D eigenvalue weighted by Crippen LogP contribution is -2.54. The number of amides is 1. The standard InChI is InChI=1S/C13H24N2O3/c1-18-12(17)13(8-4-2-3-5-9-13)15-11(16)7-6-10-14/h2-10,14H2,1H3,(H,15,16). The molecule has 104 valence electrons. The Morgan fingerprint density at radius 2 is 1.83 bits per heavy atom. The van der Waals surface area contributed by atoms with Crippen molar-refractivity contribution in [1.82, 2.24) is 5.32 Å². The van der Waals surface area contributed by atoms with E-state index in [1.807, 2.05) is 0 Å². The van der Waals surface area contributed by atoms with Crippen LogP contribution in [0.5, 0.6) is 0 Å². The van der Waals surface area contributed by atoms with E-state index in [9.17, 15) is 9.59 Å². The number of nitrogens with one attached hydrogen (secondary N) is 1. The summed E-state index contributed by atoms with van der Waals surface area (Å²) >= 11 is 0. The number of carbonyl (C=O) groups is 2. The summed E-state index contributed by atoms with van der Waals surface area (Å²) in [6.45, 7) is 0.485. The van der Waals surface area contributed by atoms with Crippen LogP contribution in [0.3, 0.4) is 0 Å². The summed E-state index contributed by atoms with van der Waals surface area (Å²) in [5.74, 6) is -0.418. The molecule has 1 fully saturated rings. The second kappa shape index (κ2) is 7.36. The van der Waals surface area contributed by atoms with E-state index in [-0.39, 0.29) is 11.9 Å². The van der Waals surface area contributed by atoms with Gasteiger partial charge in [-0.25, -0.2) is 4.79 Å². The molecule has 18 heavy (non-hydrogen) atoms. The van der Waals surface area contributed by atoms with E-state index in [1.54, 1.807) is 0 Å². The zero-order chi connectivity index (χ0) is 13.4. The fraction of sp³-hybridized carbons (Fsp3) is 0.846. The Bertz CT molecular complexity index is 284. The molecule has 0 radical (unpaired) electrons. The summed E-state index contributed by atoms with van der Waals surface area (Å²) in [5, 5.41) is 2.89. The van der Waals surface area contributed by atoms with Gasteiger partial charge in [-0.1, -0.05) is 25.7 Å². The molecule has 0 aromatic heterocycles. The number of rotatable bonds is 5. The highest BCUT2D eigenvalue weighted by atomic mass is 16.5. The van der Waals surface area contributed by atoms with Crippen molar-refractivity contribution in [2.75, 3.05) is 13.7 Å². The minimum atomic E-state index is -0.809. The number of nitrogens with two attached hydrogens (primary N) is 1. The van der Waals surface area contributed by atoms with Crippen molar-refractivity contribution >= 4 is 11.9 Å². The van der Waals surface area contributed by atoms with Crippen LogP contribution in [-0.4, -0.2) is 31.1 Å². The quantitative estimate of drug-likeness (QED) is 0.570. The van der Waals surface area contributed by atoms with Crippen LogP contribution in [0.25, 0.3) is 0 Å². The van der Waals surface area contributed by atoms with Crippen LogP contribution in [0.15, 0.2) is 0 Å². The maximum Gasteiger partial charge on any atom is 0.331 e. The molecule has 0 aromatic carbocycles. The van der Waals surface area contributed by atoms with Gasteiger partial charge in [0.05, 0.1) is 7.11 Å². The summed E-state index contributed by atoms with van der Waals surface area (Å²) < 4.78 is 4.88. The van der Waals surface area contributed by atoms with Gasteiger partial charge in [-0.15, -0.1) is 0 Å². The molecular weight excluding hydrogens is 232 g/mol. The highest BCUT2D eigenvalue weighted by molar-refractivity contribution is 5.88. The maximum absolute atomic E-state index is 12.0. The van der Waals surface area contributed by atoms with Crippen LogP contribution in [0.1, 0.15) is 51.4 Å². The number of carbonyl (C=O) groups excluding carboxylic acids is 2. The molecule has 5 heteroatoms. The van der Waals surface area contributed by atoms with Crippen molar-refractivity contribution in [3.8, 4) is 0 Å². The second-order valence-electron chi connectivity index (χ2n) is 4.93. The minimum absolute atomic E-state index is 0.104. The van der Waals surface area contributed by atoms with Gasteiger partial charge in [0.2, 0.25) is 5.91 Å². The first kappa shape index (κ1) is 15.0. The summed E-state index contributed by atoms with van der Waals surface area (Å²) in [5.41, 5.74) is 4.57. The zero-order valence-corrected chi connectivity index (χ0v) is 11.2. The third-order valence-corrected chi connectivity index (χ3v) is 3.52. The number of hydrogen-bond donors (Lipinski definition) is 2. The maximum atomic E-state index is 12.0. The van der Waals surface area contributed by atoms with Crippen molar-refractivity contribution in [3.63, 3.8) is 0 Å². The first-order chi connectivity index (χ1) is 8.64. The lowest BCUT2D eigenvalue weighted by atomic mass is 9.90. The minimum Gasteiger partial charge on any atom is -0.467 e. The van der Waals surface area contributed by atoms with Gasteiger partial charge >= 0.3 is 5.97 Å². The van der Waals surface area contributed by atoms with E-state index < -0.39 is 5.54 Å². The predicted octanol–water partition coefficient (Wildman–Crippen LogP) is 1.11. The van der Waals surface area contributed by atoms with Crippen LogP contribution in [0.4, 0.5) is 0 Å². The molecule has 0 bridgehead atoms. The van der Waals surface area contributed by atoms with E-state index in [4.69, 9.17) is 10.5 Å². The summed E-state index contributed by atoms with van der Waals surface area (Å²) in [6.07, 6.45) is 6.48. The number of methoxy groups -OCH3 is 1. The van der Waals surface area contributed by atoms with Crippen LogP contribution in [0.2, 0.25) is 0 Å². The Labute approximate surface area is 108 Å². The highest BCUT2D eigenvalue weighted by Gasteiger charge is 2.40. The highest BCUT2D eigenvalue weighted by Crippen LogP contribution is 2.28. The van der Waals surface area contributed by atoms with Crippen LogP contribution >= 0.6 is 0 Å². The lowest BCUT2D eigenvalue weighted by Gasteiger charge is -2.30. The molecule has 1 rings (SSSR count). The first-order valence-electron chi connectivity index (χ1n) is 6.74. The van der Waals surface area contributed by atoms with Gasteiger partial charge < -0.3 is 15.8 Å².